The van der Waals surface area contributed by atoms with Gasteiger partial charge in [-0.2, -0.15) is 0 Å². The van der Waals surface area contributed by atoms with Gasteiger partial charge in [-0.3, -0.25) is 0 Å². The molecule has 0 radical (unpaired) electrons. The van der Waals surface area contributed by atoms with E-state index in [1.54, 1.807) is 34.9 Å². The van der Waals surface area contributed by atoms with E-state index in [2.05, 4.69) is 30.3 Å². The van der Waals surface area contributed by atoms with Gasteiger partial charge in [-0.25, -0.2) is 0 Å². The van der Waals surface area contributed by atoms with E-state index in [0.29, 0.717) is 0 Å². The number of ether oxygens (including phenoxy) is 1. The molecule has 0 atom stereocenters. The molecule has 0 aliphatic heterocycles. The van der Waals surface area contributed by atoms with Crippen molar-refractivity contribution < 1.29 is 4.74 Å². The van der Waals surface area contributed by atoms with E-state index in [1.807, 2.05) is 0 Å². The van der Waals surface area contributed by atoms with Crippen LogP contribution in [0, 0.1) is 0 Å². The third-order valence-corrected chi connectivity index (χ3v) is 5.35. The highest BCUT2D eigenvalue weighted by molar-refractivity contribution is 5.75. The van der Waals surface area contributed by atoms with Gasteiger partial charge >= 0.3 is 0 Å². The molecule has 0 saturated heterocycles. The zero-order chi connectivity index (χ0) is 14.9. The molecular weight excluding hydrogens is 268 g/mol. The maximum Gasteiger partial charge on any atom is 0.118 e. The highest BCUT2D eigenvalue weighted by Crippen LogP contribution is 2.39. The molecule has 22 heavy (non-hydrogen) atoms. The molecule has 0 unspecified atom stereocenters. The van der Waals surface area contributed by atoms with Gasteiger partial charge in [0.05, 0.1) is 7.11 Å². The zero-order valence-electron chi connectivity index (χ0n) is 13.5. The molecule has 0 fully saturated rings. The fraction of sp³-hybridized carbons (Fsp3) is 0.429. The van der Waals surface area contributed by atoms with Crippen molar-refractivity contribution in [1.82, 2.24) is 0 Å². The van der Waals surface area contributed by atoms with Crippen LogP contribution < -0.4 is 4.74 Å². The Kier molecular flexibility index (Phi) is 3.65. The van der Waals surface area contributed by atoms with E-state index in [1.165, 1.54) is 56.9 Å². The molecule has 114 valence electrons. The van der Waals surface area contributed by atoms with Crippen molar-refractivity contribution in [2.24, 2.45) is 0 Å². The van der Waals surface area contributed by atoms with Crippen LogP contribution in [-0.4, -0.2) is 7.11 Å². The summed E-state index contributed by atoms with van der Waals surface area (Å²) < 4.78 is 5.33. The van der Waals surface area contributed by atoms with Crippen molar-refractivity contribution in [3.05, 3.63) is 52.6 Å². The van der Waals surface area contributed by atoms with Crippen LogP contribution in [0.5, 0.6) is 5.75 Å². The third-order valence-electron chi connectivity index (χ3n) is 5.35. The zero-order valence-corrected chi connectivity index (χ0v) is 13.5. The van der Waals surface area contributed by atoms with Crippen LogP contribution in [0.25, 0.3) is 11.1 Å². The number of methoxy groups -OCH3 is 1. The molecule has 1 nitrogen and oxygen atoms in total. The maximum atomic E-state index is 5.33. The Morgan fingerprint density at radius 1 is 0.727 bits per heavy atom. The molecule has 2 aliphatic rings. The van der Waals surface area contributed by atoms with Crippen LogP contribution in [0.15, 0.2) is 30.3 Å². The summed E-state index contributed by atoms with van der Waals surface area (Å²) in [7, 11) is 1.74. The molecule has 0 heterocycles. The Balaban J connectivity index is 1.91. The number of hydrogen-bond acceptors (Lipinski definition) is 1. The lowest BCUT2D eigenvalue weighted by molar-refractivity contribution is 0.415. The minimum Gasteiger partial charge on any atom is -0.497 e. The fourth-order valence-electron chi connectivity index (χ4n) is 4.25. The predicted octanol–water partition coefficient (Wildman–Crippen LogP) is 5.12. The van der Waals surface area contributed by atoms with Gasteiger partial charge in [0.2, 0.25) is 0 Å². The van der Waals surface area contributed by atoms with E-state index in [-0.39, 0.29) is 0 Å². The minimum atomic E-state index is 0.947. The number of aryl methyl sites for hydroxylation is 2. The van der Waals surface area contributed by atoms with E-state index in [0.717, 1.165) is 5.75 Å². The molecular formula is C21H24O. The normalized spacial score (nSPS) is 16.8. The first-order valence-electron chi connectivity index (χ1n) is 8.68. The van der Waals surface area contributed by atoms with Gasteiger partial charge in [0.15, 0.2) is 0 Å². The standard InChI is InChI=1S/C21H24O/c1-22-18-12-10-15(11-13-18)21-19-8-4-2-6-16(19)14-17-7-3-5-9-20(17)21/h10-14H,2-9H2,1H3. The van der Waals surface area contributed by atoms with Gasteiger partial charge in [-0.05, 0) is 96.9 Å². The van der Waals surface area contributed by atoms with Gasteiger partial charge in [0, 0.05) is 0 Å². The Hall–Kier alpha value is -1.76. The van der Waals surface area contributed by atoms with Gasteiger partial charge in [-0.15, -0.1) is 0 Å². The van der Waals surface area contributed by atoms with Crippen LogP contribution in [-0.2, 0) is 25.7 Å². The fourth-order valence-corrected chi connectivity index (χ4v) is 4.25. The molecule has 0 amide bonds. The summed E-state index contributed by atoms with van der Waals surface area (Å²) in [6, 6.07) is 11.2. The first kappa shape index (κ1) is 13.9. The molecule has 2 aromatic carbocycles. The molecule has 0 aromatic heterocycles. The monoisotopic (exact) mass is 292 g/mol. The summed E-state index contributed by atoms with van der Waals surface area (Å²) >= 11 is 0. The SMILES string of the molecule is COc1ccc(-c2c3c(cc4c2CCCC4)CCCC3)cc1. The molecule has 2 aromatic rings. The molecule has 4 rings (SSSR count). The van der Waals surface area contributed by atoms with E-state index >= 15 is 0 Å². The molecule has 0 bridgehead atoms. The van der Waals surface area contributed by atoms with Crippen LogP contribution in [0.3, 0.4) is 0 Å². The Bertz CT molecular complexity index is 648. The average molecular weight is 292 g/mol. The van der Waals surface area contributed by atoms with Crippen LogP contribution in [0.1, 0.15) is 47.9 Å². The number of rotatable bonds is 2. The summed E-state index contributed by atoms with van der Waals surface area (Å²) in [5.41, 5.74) is 9.47. The van der Waals surface area contributed by atoms with Gasteiger partial charge in [0.1, 0.15) is 5.75 Å². The first-order chi connectivity index (χ1) is 10.9. The van der Waals surface area contributed by atoms with E-state index in [4.69, 9.17) is 4.74 Å². The average Bonchev–Trinajstić information content (AvgIpc) is 2.60. The second kappa shape index (κ2) is 5.79. The first-order valence-corrected chi connectivity index (χ1v) is 8.68. The number of hydrogen-bond donors (Lipinski definition) is 0. The third kappa shape index (κ3) is 2.33. The molecule has 1 heteroatoms. The van der Waals surface area contributed by atoms with Crippen molar-refractivity contribution in [1.29, 1.82) is 0 Å². The highest BCUT2D eigenvalue weighted by atomic mass is 16.5. The highest BCUT2D eigenvalue weighted by Gasteiger charge is 2.22. The van der Waals surface area contributed by atoms with Crippen LogP contribution in [0.4, 0.5) is 0 Å². The molecule has 2 aliphatic carbocycles. The van der Waals surface area contributed by atoms with Crippen molar-refractivity contribution in [3.63, 3.8) is 0 Å². The Labute approximate surface area is 133 Å². The smallest absolute Gasteiger partial charge is 0.118 e. The second-order valence-corrected chi connectivity index (χ2v) is 6.67. The summed E-state index contributed by atoms with van der Waals surface area (Å²) in [5.74, 6) is 0.947. The number of benzene rings is 2. The van der Waals surface area contributed by atoms with E-state index < -0.39 is 0 Å². The molecule has 0 N–H and O–H groups in total. The lowest BCUT2D eigenvalue weighted by atomic mass is 9.77. The summed E-state index contributed by atoms with van der Waals surface area (Å²) in [4.78, 5) is 0. The second-order valence-electron chi connectivity index (χ2n) is 6.67. The van der Waals surface area contributed by atoms with Crippen molar-refractivity contribution >= 4 is 0 Å². The van der Waals surface area contributed by atoms with Crippen LogP contribution >= 0.6 is 0 Å². The summed E-state index contributed by atoms with van der Waals surface area (Å²) in [6.45, 7) is 0. The van der Waals surface area contributed by atoms with Gasteiger partial charge < -0.3 is 4.74 Å². The molecule has 0 spiro atoms. The summed E-state index contributed by atoms with van der Waals surface area (Å²) in [5, 5.41) is 0. The lowest BCUT2D eigenvalue weighted by Gasteiger charge is -2.28. The Morgan fingerprint density at radius 3 is 1.82 bits per heavy atom. The maximum absolute atomic E-state index is 5.33. The van der Waals surface area contributed by atoms with Gasteiger partial charge in [0.25, 0.3) is 0 Å². The van der Waals surface area contributed by atoms with E-state index in [9.17, 15) is 0 Å². The van der Waals surface area contributed by atoms with Crippen LogP contribution in [0.2, 0.25) is 0 Å². The summed E-state index contributed by atoms with van der Waals surface area (Å²) in [6.07, 6.45) is 10.4. The predicted molar refractivity (Wildman–Crippen MR) is 91.7 cm³/mol. The van der Waals surface area contributed by atoms with Gasteiger partial charge in [-0.1, -0.05) is 18.2 Å². The minimum absolute atomic E-state index is 0.947. The molecule has 0 saturated carbocycles. The number of fused-ring (bicyclic) bond motifs is 2. The van der Waals surface area contributed by atoms with Crippen molar-refractivity contribution in [3.8, 4) is 16.9 Å². The van der Waals surface area contributed by atoms with Crippen molar-refractivity contribution in [2.45, 2.75) is 51.4 Å². The van der Waals surface area contributed by atoms with Crippen molar-refractivity contribution in [2.75, 3.05) is 7.11 Å². The lowest BCUT2D eigenvalue weighted by Crippen LogP contribution is -2.12. The largest absolute Gasteiger partial charge is 0.497 e. The Morgan fingerprint density at radius 2 is 1.27 bits per heavy atom. The quantitative estimate of drug-likeness (QED) is 0.746. The topological polar surface area (TPSA) is 9.23 Å².